The fourth-order valence-corrected chi connectivity index (χ4v) is 3.35. The Bertz CT molecular complexity index is 1140. The van der Waals surface area contributed by atoms with Crippen LogP contribution in [0, 0.1) is 0 Å². The lowest BCUT2D eigenvalue weighted by atomic mass is 10.0. The summed E-state index contributed by atoms with van der Waals surface area (Å²) in [5.41, 5.74) is 1.63. The number of para-hydroxylation sites is 1. The number of fused-ring (bicyclic) bond motifs is 2. The number of carbonyl (C=O) groups excluding carboxylic acids is 1. The molecule has 5 nitrogen and oxygen atoms in total. The van der Waals surface area contributed by atoms with Crippen LogP contribution in [0.1, 0.15) is 35.3 Å². The van der Waals surface area contributed by atoms with Crippen LogP contribution in [0.4, 0.5) is 0 Å². The van der Waals surface area contributed by atoms with Gasteiger partial charge >= 0.3 is 5.63 Å². The number of carbonyl (C=O) groups is 1. The van der Waals surface area contributed by atoms with Gasteiger partial charge in [-0.05, 0) is 50.3 Å². The zero-order valence-electron chi connectivity index (χ0n) is 15.7. The third-order valence-corrected chi connectivity index (χ3v) is 4.65. The van der Waals surface area contributed by atoms with Crippen molar-refractivity contribution in [3.63, 3.8) is 0 Å². The normalized spacial score (nSPS) is 15.6. The Morgan fingerprint density at radius 2 is 2.07 bits per heavy atom. The summed E-state index contributed by atoms with van der Waals surface area (Å²) in [5.74, 6) is 1.07. The highest BCUT2D eigenvalue weighted by atomic mass is 16.5. The number of hydrogen-bond donors (Lipinski definition) is 0. The van der Waals surface area contributed by atoms with Gasteiger partial charge in [0.15, 0.2) is 5.78 Å². The van der Waals surface area contributed by atoms with E-state index in [1.54, 1.807) is 30.3 Å². The van der Waals surface area contributed by atoms with Crippen LogP contribution in [0.3, 0.4) is 0 Å². The molecule has 4 rings (SSSR count). The highest BCUT2D eigenvalue weighted by Crippen LogP contribution is 2.35. The second-order valence-corrected chi connectivity index (χ2v) is 6.75. The average Bonchev–Trinajstić information content (AvgIpc) is 3.04. The topological polar surface area (TPSA) is 65.7 Å². The van der Waals surface area contributed by atoms with E-state index in [-0.39, 0.29) is 11.7 Å². The molecule has 0 N–H and O–H groups in total. The lowest BCUT2D eigenvalue weighted by molar-refractivity contribution is 0.104. The molecule has 0 saturated carbocycles. The van der Waals surface area contributed by atoms with Crippen molar-refractivity contribution >= 4 is 22.8 Å². The maximum atomic E-state index is 12.6. The van der Waals surface area contributed by atoms with Crippen LogP contribution in [0.5, 0.6) is 11.5 Å². The van der Waals surface area contributed by atoms with E-state index >= 15 is 0 Å². The van der Waals surface area contributed by atoms with Gasteiger partial charge < -0.3 is 13.9 Å². The molecular weight excluding hydrogens is 356 g/mol. The fraction of sp³-hybridized carbons (Fsp3) is 0.217. The van der Waals surface area contributed by atoms with Crippen molar-refractivity contribution in [3.8, 4) is 11.5 Å². The highest BCUT2D eigenvalue weighted by molar-refractivity contribution is 6.07. The van der Waals surface area contributed by atoms with E-state index in [2.05, 4.69) is 0 Å². The molecule has 2 heterocycles. The summed E-state index contributed by atoms with van der Waals surface area (Å²) in [4.78, 5) is 24.8. The van der Waals surface area contributed by atoms with Crippen molar-refractivity contribution in [1.82, 2.24) is 0 Å². The van der Waals surface area contributed by atoms with Crippen molar-refractivity contribution < 1.29 is 18.7 Å². The van der Waals surface area contributed by atoms with Gasteiger partial charge in [0, 0.05) is 22.9 Å². The van der Waals surface area contributed by atoms with Gasteiger partial charge in [-0.2, -0.15) is 0 Å². The summed E-state index contributed by atoms with van der Waals surface area (Å²) in [6, 6.07) is 12.5. The third kappa shape index (κ3) is 3.43. The molecule has 0 unspecified atom stereocenters. The maximum Gasteiger partial charge on any atom is 0.347 e. The second kappa shape index (κ2) is 7.35. The Hall–Kier alpha value is -3.34. The summed E-state index contributed by atoms with van der Waals surface area (Å²) in [5, 5.41) is 0.703. The molecule has 0 radical (unpaired) electrons. The van der Waals surface area contributed by atoms with Crippen molar-refractivity contribution in [1.29, 1.82) is 0 Å². The number of ketones is 1. The van der Waals surface area contributed by atoms with Crippen LogP contribution < -0.4 is 15.1 Å². The van der Waals surface area contributed by atoms with Gasteiger partial charge in [-0.25, -0.2) is 4.79 Å². The zero-order chi connectivity index (χ0) is 19.7. The van der Waals surface area contributed by atoms with Gasteiger partial charge in [-0.15, -0.1) is 0 Å². The molecule has 142 valence electrons. The van der Waals surface area contributed by atoms with Gasteiger partial charge in [-0.1, -0.05) is 18.2 Å². The number of ether oxygens (including phenoxy) is 2. The van der Waals surface area contributed by atoms with Gasteiger partial charge in [0.25, 0.3) is 0 Å². The Labute approximate surface area is 162 Å². The third-order valence-electron chi connectivity index (χ3n) is 4.65. The monoisotopic (exact) mass is 376 g/mol. The minimum absolute atomic E-state index is 0.000980. The van der Waals surface area contributed by atoms with E-state index in [0.717, 1.165) is 23.3 Å². The minimum Gasteiger partial charge on any atom is -0.493 e. The molecule has 1 aromatic heterocycles. The Morgan fingerprint density at radius 1 is 1.25 bits per heavy atom. The first-order valence-electron chi connectivity index (χ1n) is 9.27. The Morgan fingerprint density at radius 3 is 2.89 bits per heavy atom. The van der Waals surface area contributed by atoms with Crippen molar-refractivity contribution in [2.75, 3.05) is 6.61 Å². The molecule has 0 amide bonds. The van der Waals surface area contributed by atoms with E-state index in [9.17, 15) is 9.59 Å². The zero-order valence-corrected chi connectivity index (χ0v) is 15.7. The van der Waals surface area contributed by atoms with E-state index in [0.29, 0.717) is 23.3 Å². The quantitative estimate of drug-likeness (QED) is 0.375. The Balaban J connectivity index is 1.67. The van der Waals surface area contributed by atoms with E-state index in [1.807, 2.05) is 32.0 Å². The molecule has 0 bridgehead atoms. The van der Waals surface area contributed by atoms with Crippen molar-refractivity contribution in [2.24, 2.45) is 0 Å². The van der Waals surface area contributed by atoms with Crippen LogP contribution in [0.2, 0.25) is 0 Å². The lowest BCUT2D eigenvalue weighted by Crippen LogP contribution is -2.11. The van der Waals surface area contributed by atoms with Crippen molar-refractivity contribution in [3.05, 3.63) is 75.7 Å². The molecule has 28 heavy (non-hydrogen) atoms. The Kier molecular flexibility index (Phi) is 4.74. The summed E-state index contributed by atoms with van der Waals surface area (Å²) in [6.07, 6.45) is 3.96. The lowest BCUT2D eigenvalue weighted by Gasteiger charge is -2.10. The highest BCUT2D eigenvalue weighted by Gasteiger charge is 2.21. The molecule has 0 spiro atoms. The number of allylic oxidation sites excluding steroid dienone is 1. The van der Waals surface area contributed by atoms with Gasteiger partial charge in [-0.3, -0.25) is 4.79 Å². The van der Waals surface area contributed by atoms with Crippen LogP contribution in [0.15, 0.2) is 57.8 Å². The van der Waals surface area contributed by atoms with Gasteiger partial charge in [0.1, 0.15) is 28.7 Å². The van der Waals surface area contributed by atoms with Crippen LogP contribution >= 0.6 is 0 Å². The number of hydrogen-bond acceptors (Lipinski definition) is 5. The van der Waals surface area contributed by atoms with Crippen molar-refractivity contribution in [2.45, 2.75) is 26.4 Å². The summed E-state index contributed by atoms with van der Waals surface area (Å²) >= 11 is 0. The van der Waals surface area contributed by atoms with E-state index in [4.69, 9.17) is 13.9 Å². The molecule has 3 aromatic rings. The van der Waals surface area contributed by atoms with E-state index in [1.165, 1.54) is 6.08 Å². The van der Waals surface area contributed by atoms with E-state index < -0.39 is 11.4 Å². The number of benzene rings is 2. The fourth-order valence-electron chi connectivity index (χ4n) is 3.35. The SMILES string of the molecule is CCOc1cc2c(cc1/C=C/C(=O)c1cc3ccccc3oc1=O)O[C@H](C)C2. The smallest absolute Gasteiger partial charge is 0.347 e. The molecule has 0 aliphatic carbocycles. The second-order valence-electron chi connectivity index (χ2n) is 6.75. The molecule has 1 atom stereocenters. The predicted molar refractivity (Wildman–Crippen MR) is 107 cm³/mol. The predicted octanol–water partition coefficient (Wildman–Crippen LogP) is 4.41. The molecule has 1 aliphatic rings. The largest absolute Gasteiger partial charge is 0.493 e. The van der Waals surface area contributed by atoms with Gasteiger partial charge in [0.05, 0.1) is 6.61 Å². The maximum absolute atomic E-state index is 12.6. The molecule has 0 saturated heterocycles. The molecule has 0 fully saturated rings. The standard InChI is InChI=1S/C23H20O5/c1-3-26-21-13-17-10-14(2)27-22(17)12-16(21)8-9-19(24)18-11-15-6-4-5-7-20(15)28-23(18)25/h4-9,11-14H,3,10H2,1-2H3/b9-8+/t14-/m1/s1. The van der Waals surface area contributed by atoms with Crippen LogP contribution in [-0.2, 0) is 6.42 Å². The molecular formula is C23H20O5. The average molecular weight is 376 g/mol. The first-order chi connectivity index (χ1) is 13.5. The molecule has 2 aromatic carbocycles. The first kappa shape index (κ1) is 18.0. The first-order valence-corrected chi connectivity index (χ1v) is 9.27. The van der Waals surface area contributed by atoms with Gasteiger partial charge in [0.2, 0.25) is 0 Å². The van der Waals surface area contributed by atoms with Crippen LogP contribution in [-0.4, -0.2) is 18.5 Å². The van der Waals surface area contributed by atoms with Crippen LogP contribution in [0.25, 0.3) is 17.0 Å². The summed E-state index contributed by atoms with van der Waals surface area (Å²) < 4.78 is 16.8. The molecule has 5 heteroatoms. The summed E-state index contributed by atoms with van der Waals surface area (Å²) in [6.45, 7) is 4.43. The summed E-state index contributed by atoms with van der Waals surface area (Å²) in [7, 11) is 0. The minimum atomic E-state index is -0.649. The molecule has 1 aliphatic heterocycles. The number of rotatable bonds is 5.